The van der Waals surface area contributed by atoms with E-state index in [0.29, 0.717) is 19.5 Å². The Bertz CT molecular complexity index is 163. The lowest BCUT2D eigenvalue weighted by Gasteiger charge is -2.35. The summed E-state index contributed by atoms with van der Waals surface area (Å²) in [5, 5.41) is 8.81. The maximum absolute atomic E-state index is 13.5. The van der Waals surface area contributed by atoms with Gasteiger partial charge in [0.05, 0.1) is 6.61 Å². The van der Waals surface area contributed by atoms with Crippen LogP contribution in [0.15, 0.2) is 12.7 Å². The largest absolute Gasteiger partial charge is 0.393 e. The molecule has 0 aromatic heterocycles. The lowest BCUT2D eigenvalue weighted by atomic mass is 9.96. The summed E-state index contributed by atoms with van der Waals surface area (Å²) in [6.45, 7) is 5.21. The number of halogens is 1. The lowest BCUT2D eigenvalue weighted by Crippen LogP contribution is -2.47. The molecule has 1 atom stereocenters. The Hall–Kier alpha value is -0.410. The van der Waals surface area contributed by atoms with Gasteiger partial charge >= 0.3 is 0 Å². The summed E-state index contributed by atoms with van der Waals surface area (Å²) in [5.74, 6) is 0. The Balaban J connectivity index is 2.44. The predicted octanol–water partition coefficient (Wildman–Crippen LogP) is 0.969. The Morgan fingerprint density at radius 2 is 2.42 bits per heavy atom. The third-order valence-corrected chi connectivity index (χ3v) is 2.28. The molecule has 0 spiro atoms. The third-order valence-electron chi connectivity index (χ3n) is 2.28. The number of hydrogen-bond donors (Lipinski definition) is 1. The van der Waals surface area contributed by atoms with Crippen LogP contribution in [0.2, 0.25) is 0 Å². The zero-order chi connectivity index (χ0) is 9.03. The zero-order valence-electron chi connectivity index (χ0n) is 7.30. The minimum absolute atomic E-state index is 0.343. The first-order valence-corrected chi connectivity index (χ1v) is 4.33. The second-order valence-electron chi connectivity index (χ2n) is 3.44. The number of alkyl halides is 1. The molecular formula is C9H16FNO. The van der Waals surface area contributed by atoms with Crippen LogP contribution in [0.3, 0.4) is 0 Å². The molecule has 0 radical (unpaired) electrons. The summed E-state index contributed by atoms with van der Waals surface area (Å²) in [7, 11) is 0. The van der Waals surface area contributed by atoms with Gasteiger partial charge in [-0.25, -0.2) is 4.39 Å². The third kappa shape index (κ3) is 2.29. The van der Waals surface area contributed by atoms with Crippen molar-refractivity contribution in [2.24, 2.45) is 0 Å². The van der Waals surface area contributed by atoms with Crippen molar-refractivity contribution in [3.05, 3.63) is 12.7 Å². The molecule has 1 unspecified atom stereocenters. The summed E-state index contributed by atoms with van der Waals surface area (Å²) < 4.78 is 13.5. The maximum Gasteiger partial charge on any atom is 0.146 e. The number of piperidine rings is 1. The number of hydrogen-bond acceptors (Lipinski definition) is 2. The van der Waals surface area contributed by atoms with Gasteiger partial charge in [-0.05, 0) is 19.4 Å². The monoisotopic (exact) mass is 173 g/mol. The molecule has 0 aromatic rings. The van der Waals surface area contributed by atoms with Crippen LogP contribution in [0.4, 0.5) is 4.39 Å². The van der Waals surface area contributed by atoms with Gasteiger partial charge in [-0.15, -0.1) is 6.58 Å². The van der Waals surface area contributed by atoms with Crippen LogP contribution < -0.4 is 0 Å². The van der Waals surface area contributed by atoms with E-state index < -0.39 is 5.67 Å². The van der Waals surface area contributed by atoms with E-state index in [1.54, 1.807) is 6.08 Å². The Kier molecular flexibility index (Phi) is 3.23. The summed E-state index contributed by atoms with van der Waals surface area (Å²) in [6, 6.07) is 0. The van der Waals surface area contributed by atoms with Gasteiger partial charge in [0.15, 0.2) is 0 Å². The molecule has 0 aliphatic carbocycles. The molecule has 70 valence electrons. The molecule has 1 heterocycles. The molecule has 1 fully saturated rings. The van der Waals surface area contributed by atoms with Crippen LogP contribution >= 0.6 is 0 Å². The molecule has 0 bridgehead atoms. The van der Waals surface area contributed by atoms with E-state index in [2.05, 4.69) is 6.58 Å². The van der Waals surface area contributed by atoms with Crippen molar-refractivity contribution in [1.82, 2.24) is 4.90 Å². The number of aliphatic hydroxyl groups excluding tert-OH is 1. The molecule has 1 N–H and O–H groups in total. The zero-order valence-corrected chi connectivity index (χ0v) is 7.30. The smallest absolute Gasteiger partial charge is 0.146 e. The number of rotatable bonds is 3. The maximum atomic E-state index is 13.5. The quantitative estimate of drug-likeness (QED) is 0.643. The molecule has 1 saturated heterocycles. The van der Waals surface area contributed by atoms with Gasteiger partial charge in [0.2, 0.25) is 0 Å². The molecule has 1 aliphatic heterocycles. The van der Waals surface area contributed by atoms with Gasteiger partial charge in [0.1, 0.15) is 5.67 Å². The second kappa shape index (κ2) is 4.01. The van der Waals surface area contributed by atoms with Gasteiger partial charge in [-0.1, -0.05) is 6.08 Å². The molecule has 0 amide bonds. The molecule has 1 rings (SSSR count). The molecular weight excluding hydrogens is 157 g/mol. The molecule has 2 nitrogen and oxygen atoms in total. The lowest BCUT2D eigenvalue weighted by molar-refractivity contribution is 0.00276. The molecule has 3 heteroatoms. The van der Waals surface area contributed by atoms with Crippen LogP contribution in [-0.2, 0) is 0 Å². The van der Waals surface area contributed by atoms with Crippen LogP contribution in [0.25, 0.3) is 0 Å². The van der Waals surface area contributed by atoms with Crippen molar-refractivity contribution >= 4 is 0 Å². The second-order valence-corrected chi connectivity index (χ2v) is 3.44. The predicted molar refractivity (Wildman–Crippen MR) is 46.8 cm³/mol. The van der Waals surface area contributed by atoms with Gasteiger partial charge in [-0.2, -0.15) is 0 Å². The van der Waals surface area contributed by atoms with Crippen LogP contribution in [0.1, 0.15) is 12.8 Å². The van der Waals surface area contributed by atoms with Crippen molar-refractivity contribution < 1.29 is 9.50 Å². The fraction of sp³-hybridized carbons (Fsp3) is 0.778. The fourth-order valence-corrected chi connectivity index (χ4v) is 1.65. The van der Waals surface area contributed by atoms with Crippen LogP contribution in [0, 0.1) is 0 Å². The van der Waals surface area contributed by atoms with E-state index in [9.17, 15) is 4.39 Å². The van der Waals surface area contributed by atoms with Gasteiger partial charge < -0.3 is 5.11 Å². The van der Waals surface area contributed by atoms with Crippen LogP contribution in [-0.4, -0.2) is 41.9 Å². The van der Waals surface area contributed by atoms with Crippen molar-refractivity contribution in [2.45, 2.75) is 18.5 Å². The van der Waals surface area contributed by atoms with Gasteiger partial charge in [0, 0.05) is 13.1 Å². The highest BCUT2D eigenvalue weighted by molar-refractivity contribution is 4.89. The number of aliphatic hydroxyl groups is 1. The highest BCUT2D eigenvalue weighted by Gasteiger charge is 2.34. The topological polar surface area (TPSA) is 23.5 Å². The van der Waals surface area contributed by atoms with Gasteiger partial charge in [-0.3, -0.25) is 4.90 Å². The summed E-state index contributed by atoms with van der Waals surface area (Å²) in [5.41, 5.74) is -1.37. The minimum atomic E-state index is -1.37. The number of likely N-dealkylation sites (tertiary alicyclic amines) is 1. The molecule has 0 saturated carbocycles. The van der Waals surface area contributed by atoms with E-state index in [0.717, 1.165) is 13.0 Å². The van der Waals surface area contributed by atoms with E-state index >= 15 is 0 Å². The molecule has 12 heavy (non-hydrogen) atoms. The first-order chi connectivity index (χ1) is 5.70. The van der Waals surface area contributed by atoms with Crippen molar-refractivity contribution in [1.29, 1.82) is 0 Å². The average Bonchev–Trinajstić information content (AvgIpc) is 2.05. The number of nitrogens with zero attached hydrogens (tertiary/aromatic N) is 1. The summed E-state index contributed by atoms with van der Waals surface area (Å²) in [4.78, 5) is 1.98. The minimum Gasteiger partial charge on any atom is -0.393 e. The molecule has 0 aromatic carbocycles. The first-order valence-electron chi connectivity index (χ1n) is 4.33. The normalized spacial score (nSPS) is 31.8. The summed E-state index contributed by atoms with van der Waals surface area (Å²) >= 11 is 0. The Labute approximate surface area is 72.7 Å². The molecule has 1 aliphatic rings. The highest BCUT2D eigenvalue weighted by atomic mass is 19.1. The summed E-state index contributed by atoms with van der Waals surface area (Å²) in [6.07, 6.45) is 3.07. The van der Waals surface area contributed by atoms with Crippen molar-refractivity contribution in [3.63, 3.8) is 0 Å². The van der Waals surface area contributed by atoms with E-state index in [1.807, 2.05) is 4.90 Å². The first kappa shape index (κ1) is 9.68. The van der Waals surface area contributed by atoms with E-state index in [4.69, 9.17) is 5.11 Å². The SMILES string of the molecule is C=CCN1CCCC(F)(CO)C1. The standard InChI is InChI=1S/C9H16FNO/c1-2-5-11-6-3-4-9(10,7-11)8-12/h2,12H,1,3-8H2. The van der Waals surface area contributed by atoms with E-state index in [-0.39, 0.29) is 6.61 Å². The van der Waals surface area contributed by atoms with Crippen LogP contribution in [0.5, 0.6) is 0 Å². The average molecular weight is 173 g/mol. The van der Waals surface area contributed by atoms with Crippen molar-refractivity contribution in [3.8, 4) is 0 Å². The Morgan fingerprint density at radius 1 is 1.67 bits per heavy atom. The Morgan fingerprint density at radius 3 is 3.00 bits per heavy atom. The fourth-order valence-electron chi connectivity index (χ4n) is 1.65. The van der Waals surface area contributed by atoms with Crippen molar-refractivity contribution in [2.75, 3.05) is 26.2 Å². The highest BCUT2D eigenvalue weighted by Crippen LogP contribution is 2.24. The van der Waals surface area contributed by atoms with Gasteiger partial charge in [0.25, 0.3) is 0 Å². The van der Waals surface area contributed by atoms with E-state index in [1.165, 1.54) is 0 Å².